The first-order valence-corrected chi connectivity index (χ1v) is 6.02. The Kier molecular flexibility index (Phi) is 3.79. The van der Waals surface area contributed by atoms with Crippen molar-refractivity contribution in [3.8, 4) is 5.75 Å². The van der Waals surface area contributed by atoms with E-state index in [1.165, 1.54) is 18.2 Å². The molecule has 2 aromatic carbocycles. The molecule has 2 aromatic rings. The summed E-state index contributed by atoms with van der Waals surface area (Å²) in [4.78, 5) is 10.9. The molecule has 0 saturated heterocycles. The molecule has 20 heavy (non-hydrogen) atoms. The molecule has 2 N–H and O–H groups in total. The van der Waals surface area contributed by atoms with Crippen LogP contribution in [0.25, 0.3) is 0 Å². The summed E-state index contributed by atoms with van der Waals surface area (Å²) in [6.07, 6.45) is 0. The Morgan fingerprint density at radius 2 is 1.55 bits per heavy atom. The molecule has 5 nitrogen and oxygen atoms in total. The molecule has 0 aromatic heterocycles. The van der Waals surface area contributed by atoms with Crippen molar-refractivity contribution in [3.63, 3.8) is 0 Å². The minimum absolute atomic E-state index is 0.193. The monoisotopic (exact) mass is 270 g/mol. The summed E-state index contributed by atoms with van der Waals surface area (Å²) in [6.45, 7) is 3.93. The van der Waals surface area contributed by atoms with Gasteiger partial charge in [-0.15, -0.1) is 0 Å². The predicted molar refractivity (Wildman–Crippen MR) is 75.2 cm³/mol. The first-order chi connectivity index (χ1) is 9.45. The van der Waals surface area contributed by atoms with Gasteiger partial charge in [-0.1, -0.05) is 6.07 Å². The van der Waals surface area contributed by atoms with Crippen molar-refractivity contribution >= 4 is 17.3 Å². The van der Waals surface area contributed by atoms with Crippen LogP contribution in [0.3, 0.4) is 0 Å². The smallest absolute Gasteiger partial charge is 0.339 e. The number of benzene rings is 2. The Labute approximate surface area is 116 Å². The van der Waals surface area contributed by atoms with E-state index in [4.69, 9.17) is 5.11 Å². The number of aryl methyl sites for hydroxylation is 2. The molecular formula is C15H14N2O3. The van der Waals surface area contributed by atoms with Gasteiger partial charge < -0.3 is 10.2 Å². The number of hydrogen-bond acceptors (Lipinski definition) is 4. The minimum atomic E-state index is -1.20. The molecule has 102 valence electrons. The van der Waals surface area contributed by atoms with Crippen LogP contribution in [-0.2, 0) is 0 Å². The predicted octanol–water partition coefficient (Wildman–Crippen LogP) is 4.12. The van der Waals surface area contributed by atoms with Crippen LogP contribution in [0.4, 0.5) is 11.4 Å². The van der Waals surface area contributed by atoms with Gasteiger partial charge in [-0.3, -0.25) is 0 Å². The highest BCUT2D eigenvalue weighted by atomic mass is 16.4. The SMILES string of the molecule is Cc1cc(C)cc(N=Nc2ccc(O)c(C(=O)O)c2)c1. The number of aromatic hydroxyl groups is 1. The van der Waals surface area contributed by atoms with Gasteiger partial charge in [0, 0.05) is 0 Å². The van der Waals surface area contributed by atoms with Gasteiger partial charge in [0.25, 0.3) is 0 Å². The van der Waals surface area contributed by atoms with E-state index < -0.39 is 5.97 Å². The molecular weight excluding hydrogens is 256 g/mol. The molecule has 0 amide bonds. The zero-order valence-electron chi connectivity index (χ0n) is 11.2. The highest BCUT2D eigenvalue weighted by molar-refractivity contribution is 5.91. The van der Waals surface area contributed by atoms with E-state index in [2.05, 4.69) is 10.2 Å². The fourth-order valence-electron chi connectivity index (χ4n) is 1.88. The number of carbonyl (C=O) groups is 1. The molecule has 0 spiro atoms. The lowest BCUT2D eigenvalue weighted by atomic mass is 10.1. The van der Waals surface area contributed by atoms with Crippen LogP contribution in [0, 0.1) is 13.8 Å². The van der Waals surface area contributed by atoms with Gasteiger partial charge >= 0.3 is 5.97 Å². The topological polar surface area (TPSA) is 82.2 Å². The fraction of sp³-hybridized carbons (Fsp3) is 0.133. The first-order valence-electron chi connectivity index (χ1n) is 6.02. The van der Waals surface area contributed by atoms with Crippen molar-refractivity contribution in [1.29, 1.82) is 0 Å². The zero-order chi connectivity index (χ0) is 14.7. The molecule has 0 fully saturated rings. The quantitative estimate of drug-likeness (QED) is 0.823. The maximum atomic E-state index is 10.9. The van der Waals surface area contributed by atoms with E-state index in [0.29, 0.717) is 11.4 Å². The second-order valence-electron chi connectivity index (χ2n) is 4.55. The molecule has 0 aliphatic carbocycles. The lowest BCUT2D eigenvalue weighted by Gasteiger charge is -2.01. The van der Waals surface area contributed by atoms with E-state index in [0.717, 1.165) is 11.1 Å². The summed E-state index contributed by atoms with van der Waals surface area (Å²) >= 11 is 0. The molecule has 2 rings (SSSR count). The number of phenols is 1. The lowest BCUT2D eigenvalue weighted by molar-refractivity contribution is 0.0694. The van der Waals surface area contributed by atoms with Gasteiger partial charge in [-0.05, 0) is 55.3 Å². The third-order valence-corrected chi connectivity index (χ3v) is 2.70. The van der Waals surface area contributed by atoms with Gasteiger partial charge in [0.2, 0.25) is 0 Å². The number of aromatic carboxylic acids is 1. The summed E-state index contributed by atoms with van der Waals surface area (Å²) in [5.74, 6) is -1.49. The van der Waals surface area contributed by atoms with Gasteiger partial charge in [0.15, 0.2) is 0 Å². The molecule has 0 saturated carbocycles. The van der Waals surface area contributed by atoms with Crippen LogP contribution in [0.2, 0.25) is 0 Å². The number of nitrogens with zero attached hydrogens (tertiary/aromatic N) is 2. The summed E-state index contributed by atoms with van der Waals surface area (Å²) in [6, 6.07) is 9.88. The second kappa shape index (κ2) is 5.52. The van der Waals surface area contributed by atoms with Crippen molar-refractivity contribution in [2.45, 2.75) is 13.8 Å². The van der Waals surface area contributed by atoms with Crippen molar-refractivity contribution in [2.24, 2.45) is 10.2 Å². The standard InChI is InChI=1S/C15H14N2O3/c1-9-5-10(2)7-12(6-9)17-16-11-3-4-14(18)13(8-11)15(19)20/h3-8,18H,1-2H3,(H,19,20). The molecule has 0 atom stereocenters. The van der Waals surface area contributed by atoms with Crippen molar-refractivity contribution in [1.82, 2.24) is 0 Å². The van der Waals surface area contributed by atoms with Crippen molar-refractivity contribution in [2.75, 3.05) is 0 Å². The second-order valence-corrected chi connectivity index (χ2v) is 4.55. The minimum Gasteiger partial charge on any atom is -0.507 e. The number of carboxylic acids is 1. The van der Waals surface area contributed by atoms with E-state index >= 15 is 0 Å². The largest absolute Gasteiger partial charge is 0.507 e. The maximum absolute atomic E-state index is 10.9. The molecule has 0 radical (unpaired) electrons. The van der Waals surface area contributed by atoms with Gasteiger partial charge in [0.05, 0.1) is 11.4 Å². The molecule has 0 heterocycles. The molecule has 5 heteroatoms. The lowest BCUT2D eigenvalue weighted by Crippen LogP contribution is -1.95. The van der Waals surface area contributed by atoms with Crippen molar-refractivity contribution < 1.29 is 15.0 Å². The molecule has 0 aliphatic rings. The number of hydrogen-bond donors (Lipinski definition) is 2. The Morgan fingerprint density at radius 1 is 0.950 bits per heavy atom. The average Bonchev–Trinajstić information content (AvgIpc) is 2.36. The number of carboxylic acid groups (broad SMARTS) is 1. The Hall–Kier alpha value is -2.69. The fourth-order valence-corrected chi connectivity index (χ4v) is 1.88. The van der Waals surface area contributed by atoms with E-state index in [-0.39, 0.29) is 11.3 Å². The van der Waals surface area contributed by atoms with Crippen LogP contribution in [0.15, 0.2) is 46.6 Å². The highest BCUT2D eigenvalue weighted by Gasteiger charge is 2.09. The van der Waals surface area contributed by atoms with Crippen LogP contribution >= 0.6 is 0 Å². The Morgan fingerprint density at radius 3 is 2.15 bits per heavy atom. The highest BCUT2D eigenvalue weighted by Crippen LogP contribution is 2.25. The maximum Gasteiger partial charge on any atom is 0.339 e. The van der Waals surface area contributed by atoms with Crippen LogP contribution < -0.4 is 0 Å². The van der Waals surface area contributed by atoms with Crippen LogP contribution in [-0.4, -0.2) is 16.2 Å². The van der Waals surface area contributed by atoms with E-state index in [1.54, 1.807) is 0 Å². The number of azo groups is 1. The van der Waals surface area contributed by atoms with Gasteiger partial charge in [0.1, 0.15) is 11.3 Å². The van der Waals surface area contributed by atoms with Gasteiger partial charge in [-0.25, -0.2) is 4.79 Å². The third-order valence-electron chi connectivity index (χ3n) is 2.70. The Bertz CT molecular complexity index is 673. The average molecular weight is 270 g/mol. The summed E-state index contributed by atoms with van der Waals surface area (Å²) in [7, 11) is 0. The molecule has 0 aliphatic heterocycles. The van der Waals surface area contributed by atoms with Crippen LogP contribution in [0.1, 0.15) is 21.5 Å². The first kappa shape index (κ1) is 13.7. The normalized spacial score (nSPS) is 10.9. The van der Waals surface area contributed by atoms with Crippen molar-refractivity contribution in [3.05, 3.63) is 53.1 Å². The third kappa shape index (κ3) is 3.20. The molecule has 0 bridgehead atoms. The van der Waals surface area contributed by atoms with Crippen LogP contribution in [0.5, 0.6) is 5.75 Å². The summed E-state index contributed by atoms with van der Waals surface area (Å²) in [5.41, 5.74) is 3.04. The summed E-state index contributed by atoms with van der Waals surface area (Å²) < 4.78 is 0. The Balaban J connectivity index is 2.31. The summed E-state index contributed by atoms with van der Waals surface area (Å²) in [5, 5.41) is 26.4. The van der Waals surface area contributed by atoms with Gasteiger partial charge in [-0.2, -0.15) is 10.2 Å². The van der Waals surface area contributed by atoms with E-state index in [9.17, 15) is 9.90 Å². The molecule has 0 unspecified atom stereocenters. The number of rotatable bonds is 3. The zero-order valence-corrected chi connectivity index (χ0v) is 11.2. The van der Waals surface area contributed by atoms with E-state index in [1.807, 2.05) is 32.0 Å².